The van der Waals surface area contributed by atoms with Crippen molar-refractivity contribution in [2.45, 2.75) is 76.7 Å². The van der Waals surface area contributed by atoms with Crippen LogP contribution in [-0.4, -0.2) is 21.7 Å². The smallest absolute Gasteiger partial charge is 0.134 e. The highest BCUT2D eigenvalue weighted by molar-refractivity contribution is 6.17. The molecular formula is C35H45N7. The van der Waals surface area contributed by atoms with Gasteiger partial charge in [-0.1, -0.05) is 87.7 Å². The third kappa shape index (κ3) is 8.80. The van der Waals surface area contributed by atoms with Crippen LogP contribution in [0.1, 0.15) is 92.9 Å². The van der Waals surface area contributed by atoms with Crippen molar-refractivity contribution in [1.82, 2.24) is 15.3 Å². The predicted molar refractivity (Wildman–Crippen MR) is 178 cm³/mol. The topological polar surface area (TPSA) is 126 Å². The largest absolute Gasteiger partial charge is 0.398 e. The summed E-state index contributed by atoms with van der Waals surface area (Å²) in [7, 11) is 0. The number of aromatic nitrogens is 2. The lowest BCUT2D eigenvalue weighted by molar-refractivity contribution is 0.392. The lowest BCUT2D eigenvalue weighted by atomic mass is 9.95. The number of unbranched alkanes of at least 4 members (excludes halogenated alkanes) is 4. The summed E-state index contributed by atoms with van der Waals surface area (Å²) in [5.74, 6) is 0.972. The quantitative estimate of drug-likeness (QED) is 0.0944. The second kappa shape index (κ2) is 15.6. The summed E-state index contributed by atoms with van der Waals surface area (Å²) in [6.07, 6.45) is 20.9. The van der Waals surface area contributed by atoms with Crippen molar-refractivity contribution in [3.8, 4) is 0 Å². The Kier molecular flexibility index (Phi) is 11.3. The molecule has 0 atom stereocenters. The molecule has 0 saturated heterocycles. The van der Waals surface area contributed by atoms with E-state index in [1.54, 1.807) is 12.4 Å². The highest BCUT2D eigenvalue weighted by Gasteiger charge is 2.16. The number of hydrogen-bond acceptors (Lipinski definition) is 7. The monoisotopic (exact) mass is 563 g/mol. The standard InChI is InChI=1S/C35H45N7/c1-25(41-30-16-10-7-11-17-30)14-8-5-3-4-6-9-15-29-24-40-35(38)32(34(29)37)33(36)28-21-19-27(20-22-28)26(2)42-31-18-12-13-23-39-31/h9,12-13,15,18-24,30,36,41H,1-8,10-11,14,16-17H2,(H,39,42)(H4,37,38,40)/b15-9+,36-33?. The van der Waals surface area contributed by atoms with Gasteiger partial charge in [-0.3, -0.25) is 5.41 Å². The van der Waals surface area contributed by atoms with Gasteiger partial charge >= 0.3 is 0 Å². The maximum atomic E-state index is 8.83. The van der Waals surface area contributed by atoms with Crippen LogP contribution in [0.2, 0.25) is 0 Å². The van der Waals surface area contributed by atoms with Gasteiger partial charge in [0.25, 0.3) is 0 Å². The molecule has 7 N–H and O–H groups in total. The molecule has 1 aliphatic rings. The zero-order valence-corrected chi connectivity index (χ0v) is 24.7. The van der Waals surface area contributed by atoms with Crippen molar-refractivity contribution in [2.24, 2.45) is 0 Å². The molecule has 7 nitrogen and oxygen atoms in total. The molecule has 0 unspecified atom stereocenters. The minimum atomic E-state index is 0.238. The average Bonchev–Trinajstić information content (AvgIpc) is 3.00. The summed E-state index contributed by atoms with van der Waals surface area (Å²) in [5, 5.41) is 15.7. The lowest BCUT2D eigenvalue weighted by Crippen LogP contribution is -2.29. The Morgan fingerprint density at radius 1 is 0.929 bits per heavy atom. The fourth-order valence-corrected chi connectivity index (χ4v) is 5.37. The van der Waals surface area contributed by atoms with Crippen LogP contribution in [-0.2, 0) is 0 Å². The zero-order chi connectivity index (χ0) is 29.7. The predicted octanol–water partition coefficient (Wildman–Crippen LogP) is 7.93. The van der Waals surface area contributed by atoms with Gasteiger partial charge in [-0.2, -0.15) is 0 Å². The van der Waals surface area contributed by atoms with Crippen molar-refractivity contribution >= 4 is 34.8 Å². The molecule has 1 aromatic carbocycles. The number of allylic oxidation sites excluding steroid dienone is 2. The Labute approximate surface area is 250 Å². The van der Waals surface area contributed by atoms with E-state index < -0.39 is 0 Å². The Balaban J connectivity index is 1.24. The maximum absolute atomic E-state index is 8.83. The lowest BCUT2D eigenvalue weighted by Gasteiger charge is -2.24. The summed E-state index contributed by atoms with van der Waals surface area (Å²) < 4.78 is 0. The van der Waals surface area contributed by atoms with Crippen LogP contribution >= 0.6 is 0 Å². The summed E-state index contributed by atoms with van der Waals surface area (Å²) in [5.41, 5.74) is 18.2. The Morgan fingerprint density at radius 2 is 1.67 bits per heavy atom. The van der Waals surface area contributed by atoms with Crippen LogP contribution in [0.15, 0.2) is 79.8 Å². The van der Waals surface area contributed by atoms with Crippen molar-refractivity contribution in [3.05, 3.63) is 102 Å². The molecule has 0 aliphatic heterocycles. The fourth-order valence-electron chi connectivity index (χ4n) is 5.37. The van der Waals surface area contributed by atoms with Gasteiger partial charge in [0, 0.05) is 41.0 Å². The normalized spacial score (nSPS) is 13.6. The van der Waals surface area contributed by atoms with Gasteiger partial charge < -0.3 is 22.1 Å². The maximum Gasteiger partial charge on any atom is 0.134 e. The molecule has 1 fully saturated rings. The van der Waals surface area contributed by atoms with Gasteiger partial charge in [0.1, 0.15) is 11.6 Å². The third-order valence-corrected chi connectivity index (χ3v) is 7.81. The van der Waals surface area contributed by atoms with Crippen LogP contribution in [0.5, 0.6) is 0 Å². The molecule has 2 heterocycles. The van der Waals surface area contributed by atoms with Gasteiger partial charge in [-0.05, 0) is 56.2 Å². The molecule has 7 heteroatoms. The first-order valence-corrected chi connectivity index (χ1v) is 15.1. The SMILES string of the molecule is C=C(CCCCCC/C=C/c1cnc(N)c(C(=N)c2ccc(C(=C)Nc3ccccn3)cc2)c1N)NC1CCCCC1. The van der Waals surface area contributed by atoms with E-state index in [2.05, 4.69) is 39.8 Å². The second-order valence-electron chi connectivity index (χ2n) is 11.1. The van der Waals surface area contributed by atoms with Gasteiger partial charge in [-0.15, -0.1) is 0 Å². The van der Waals surface area contributed by atoms with Crippen LogP contribution in [0.4, 0.5) is 17.3 Å². The van der Waals surface area contributed by atoms with E-state index in [4.69, 9.17) is 16.9 Å². The van der Waals surface area contributed by atoms with Crippen molar-refractivity contribution in [3.63, 3.8) is 0 Å². The van der Waals surface area contributed by atoms with E-state index in [-0.39, 0.29) is 11.5 Å². The van der Waals surface area contributed by atoms with E-state index in [0.29, 0.717) is 22.9 Å². The van der Waals surface area contributed by atoms with E-state index in [1.807, 2.05) is 48.5 Å². The van der Waals surface area contributed by atoms with E-state index in [9.17, 15) is 0 Å². The van der Waals surface area contributed by atoms with Crippen LogP contribution in [0.3, 0.4) is 0 Å². The number of nitrogens with zero attached hydrogens (tertiary/aromatic N) is 2. The number of benzene rings is 1. The average molecular weight is 564 g/mol. The summed E-state index contributed by atoms with van der Waals surface area (Å²) in [4.78, 5) is 8.61. The number of nitrogens with one attached hydrogen (secondary N) is 3. The minimum absolute atomic E-state index is 0.238. The number of hydrogen-bond donors (Lipinski definition) is 5. The number of nitrogens with two attached hydrogens (primary N) is 2. The molecule has 0 spiro atoms. The van der Waals surface area contributed by atoms with Crippen LogP contribution < -0.4 is 22.1 Å². The highest BCUT2D eigenvalue weighted by atomic mass is 15.0. The molecule has 0 amide bonds. The summed E-state index contributed by atoms with van der Waals surface area (Å²) in [6, 6.07) is 13.9. The zero-order valence-electron chi connectivity index (χ0n) is 24.7. The van der Waals surface area contributed by atoms with Gasteiger partial charge in [0.15, 0.2) is 0 Å². The molecule has 4 rings (SSSR count). The number of pyridine rings is 2. The van der Waals surface area contributed by atoms with Crippen LogP contribution in [0, 0.1) is 5.41 Å². The fraction of sp³-hybridized carbons (Fsp3) is 0.343. The van der Waals surface area contributed by atoms with Crippen molar-refractivity contribution in [1.29, 1.82) is 5.41 Å². The van der Waals surface area contributed by atoms with E-state index >= 15 is 0 Å². The molecule has 1 saturated carbocycles. The Morgan fingerprint density at radius 3 is 2.40 bits per heavy atom. The van der Waals surface area contributed by atoms with E-state index in [0.717, 1.165) is 41.9 Å². The first-order chi connectivity index (χ1) is 20.4. The molecule has 2 aromatic heterocycles. The number of anilines is 3. The van der Waals surface area contributed by atoms with Gasteiger partial charge in [0.05, 0.1) is 17.0 Å². The second-order valence-corrected chi connectivity index (χ2v) is 11.1. The van der Waals surface area contributed by atoms with Gasteiger partial charge in [-0.25, -0.2) is 9.97 Å². The number of nitrogen functional groups attached to an aromatic ring is 2. The molecular weight excluding hydrogens is 518 g/mol. The van der Waals surface area contributed by atoms with Crippen molar-refractivity contribution < 1.29 is 0 Å². The third-order valence-electron chi connectivity index (χ3n) is 7.81. The molecule has 42 heavy (non-hydrogen) atoms. The molecule has 1 aliphatic carbocycles. The summed E-state index contributed by atoms with van der Waals surface area (Å²) >= 11 is 0. The Bertz CT molecular complexity index is 1370. The molecule has 220 valence electrons. The molecule has 3 aromatic rings. The van der Waals surface area contributed by atoms with Crippen LogP contribution in [0.25, 0.3) is 11.8 Å². The number of rotatable bonds is 15. The first-order valence-electron chi connectivity index (χ1n) is 15.1. The summed E-state index contributed by atoms with van der Waals surface area (Å²) in [6.45, 7) is 8.34. The van der Waals surface area contributed by atoms with Crippen molar-refractivity contribution in [2.75, 3.05) is 16.8 Å². The van der Waals surface area contributed by atoms with E-state index in [1.165, 1.54) is 57.1 Å². The molecule has 0 radical (unpaired) electrons. The van der Waals surface area contributed by atoms with Gasteiger partial charge in [0.2, 0.25) is 0 Å². The Hall–Kier alpha value is -4.39. The molecule has 0 bridgehead atoms. The first kappa shape index (κ1) is 30.6. The minimum Gasteiger partial charge on any atom is -0.398 e. The highest BCUT2D eigenvalue weighted by Crippen LogP contribution is 2.27.